The van der Waals surface area contributed by atoms with Gasteiger partial charge in [0.15, 0.2) is 0 Å². The third kappa shape index (κ3) is 6.55. The molecule has 7 nitrogen and oxygen atoms in total. The SMILES string of the molecule is CCS(=O)(=O)Nc1ccc(C(=O)N2CCC(C(=O)NCCc3ccccc3)CC2)cc1. The molecular weight excluding hydrogens is 414 g/mol. The summed E-state index contributed by atoms with van der Waals surface area (Å²) in [5.41, 5.74) is 2.13. The number of hydrogen-bond donors (Lipinski definition) is 2. The highest BCUT2D eigenvalue weighted by atomic mass is 32.2. The molecule has 1 fully saturated rings. The van der Waals surface area contributed by atoms with E-state index < -0.39 is 10.0 Å². The van der Waals surface area contributed by atoms with Crippen LogP contribution in [0.3, 0.4) is 0 Å². The van der Waals surface area contributed by atoms with Crippen LogP contribution in [0.1, 0.15) is 35.7 Å². The lowest BCUT2D eigenvalue weighted by Crippen LogP contribution is -2.43. The van der Waals surface area contributed by atoms with E-state index in [0.29, 0.717) is 43.7 Å². The Hall–Kier alpha value is -2.87. The van der Waals surface area contributed by atoms with E-state index in [1.165, 1.54) is 5.56 Å². The highest BCUT2D eigenvalue weighted by molar-refractivity contribution is 7.92. The van der Waals surface area contributed by atoms with Crippen LogP contribution in [0.5, 0.6) is 0 Å². The molecule has 0 radical (unpaired) electrons. The minimum Gasteiger partial charge on any atom is -0.356 e. The molecule has 1 saturated heterocycles. The molecule has 0 bridgehead atoms. The van der Waals surface area contributed by atoms with Crippen LogP contribution in [0.4, 0.5) is 5.69 Å². The lowest BCUT2D eigenvalue weighted by atomic mass is 9.95. The Kier molecular flexibility index (Phi) is 7.68. The van der Waals surface area contributed by atoms with Crippen LogP contribution in [-0.2, 0) is 21.2 Å². The van der Waals surface area contributed by atoms with Crippen LogP contribution in [0.2, 0.25) is 0 Å². The van der Waals surface area contributed by atoms with Crippen molar-refractivity contribution in [1.82, 2.24) is 10.2 Å². The van der Waals surface area contributed by atoms with Gasteiger partial charge in [0.05, 0.1) is 5.75 Å². The van der Waals surface area contributed by atoms with E-state index in [0.717, 1.165) is 6.42 Å². The summed E-state index contributed by atoms with van der Waals surface area (Å²) in [5.74, 6) is -0.142. The second kappa shape index (κ2) is 10.4. The predicted octanol–water partition coefficient (Wildman–Crippen LogP) is 2.66. The van der Waals surface area contributed by atoms with Gasteiger partial charge >= 0.3 is 0 Å². The maximum atomic E-state index is 12.7. The third-order valence-electron chi connectivity index (χ3n) is 5.49. The number of amides is 2. The van der Waals surface area contributed by atoms with Crippen molar-refractivity contribution >= 4 is 27.5 Å². The first-order chi connectivity index (χ1) is 14.9. The lowest BCUT2D eigenvalue weighted by Gasteiger charge is -2.31. The number of nitrogens with one attached hydrogen (secondary N) is 2. The fourth-order valence-electron chi connectivity index (χ4n) is 3.58. The molecular formula is C23H29N3O4S. The van der Waals surface area contributed by atoms with Gasteiger partial charge in [0, 0.05) is 36.8 Å². The molecule has 2 aromatic rings. The van der Waals surface area contributed by atoms with Crippen LogP contribution >= 0.6 is 0 Å². The van der Waals surface area contributed by atoms with E-state index in [1.807, 2.05) is 30.3 Å². The maximum absolute atomic E-state index is 12.7. The van der Waals surface area contributed by atoms with Crippen LogP contribution in [0, 0.1) is 5.92 Å². The molecule has 0 saturated carbocycles. The van der Waals surface area contributed by atoms with E-state index in [9.17, 15) is 18.0 Å². The number of sulfonamides is 1. The number of nitrogens with zero attached hydrogens (tertiary/aromatic N) is 1. The first-order valence-electron chi connectivity index (χ1n) is 10.6. The van der Waals surface area contributed by atoms with Crippen molar-refractivity contribution in [1.29, 1.82) is 0 Å². The smallest absolute Gasteiger partial charge is 0.253 e. The largest absolute Gasteiger partial charge is 0.356 e. The van der Waals surface area contributed by atoms with E-state index in [2.05, 4.69) is 10.0 Å². The molecule has 1 heterocycles. The van der Waals surface area contributed by atoms with Gasteiger partial charge in [-0.2, -0.15) is 0 Å². The van der Waals surface area contributed by atoms with Crippen LogP contribution in [0.15, 0.2) is 54.6 Å². The molecule has 2 aromatic carbocycles. The Morgan fingerprint density at radius 1 is 1.00 bits per heavy atom. The second-order valence-corrected chi connectivity index (χ2v) is 9.69. The topological polar surface area (TPSA) is 95.6 Å². The zero-order valence-corrected chi connectivity index (χ0v) is 18.5. The van der Waals surface area contributed by atoms with Gasteiger partial charge in [-0.15, -0.1) is 0 Å². The van der Waals surface area contributed by atoms with E-state index in [4.69, 9.17) is 0 Å². The second-order valence-electron chi connectivity index (χ2n) is 7.68. The monoisotopic (exact) mass is 443 g/mol. The van der Waals surface area contributed by atoms with Crippen LogP contribution in [-0.4, -0.2) is 50.5 Å². The number of piperidine rings is 1. The molecule has 31 heavy (non-hydrogen) atoms. The zero-order valence-electron chi connectivity index (χ0n) is 17.7. The van der Waals surface area contributed by atoms with Gasteiger partial charge in [-0.3, -0.25) is 14.3 Å². The molecule has 0 spiro atoms. The average Bonchev–Trinajstić information content (AvgIpc) is 2.79. The standard InChI is InChI=1S/C23H29N3O4S/c1-2-31(29,30)25-21-10-8-20(9-11-21)23(28)26-16-13-19(14-17-26)22(27)24-15-12-18-6-4-3-5-7-18/h3-11,19,25H,2,12-17H2,1H3,(H,24,27). The molecule has 166 valence electrons. The third-order valence-corrected chi connectivity index (χ3v) is 6.80. The van der Waals surface area contributed by atoms with E-state index >= 15 is 0 Å². The van der Waals surface area contributed by atoms with Crippen molar-refractivity contribution in [2.75, 3.05) is 30.1 Å². The fraction of sp³-hybridized carbons (Fsp3) is 0.391. The molecule has 3 rings (SSSR count). The first-order valence-corrected chi connectivity index (χ1v) is 12.2. The summed E-state index contributed by atoms with van der Waals surface area (Å²) in [4.78, 5) is 26.9. The van der Waals surface area contributed by atoms with Crippen molar-refractivity contribution < 1.29 is 18.0 Å². The van der Waals surface area contributed by atoms with E-state index in [1.54, 1.807) is 36.1 Å². The van der Waals surface area contributed by atoms with Crippen molar-refractivity contribution in [2.45, 2.75) is 26.2 Å². The Balaban J connectivity index is 1.45. The molecule has 0 aromatic heterocycles. The van der Waals surface area contributed by atoms with Gasteiger partial charge in [0.1, 0.15) is 0 Å². The zero-order chi connectivity index (χ0) is 22.3. The summed E-state index contributed by atoms with van der Waals surface area (Å²) >= 11 is 0. The van der Waals surface area contributed by atoms with Gasteiger partial charge < -0.3 is 10.2 Å². The van der Waals surface area contributed by atoms with Crippen LogP contribution in [0.25, 0.3) is 0 Å². The Morgan fingerprint density at radius 3 is 2.26 bits per heavy atom. The number of carbonyl (C=O) groups is 2. The molecule has 2 amide bonds. The van der Waals surface area contributed by atoms with Gasteiger partial charge in [0.2, 0.25) is 15.9 Å². The number of carbonyl (C=O) groups excluding carboxylic acids is 2. The Labute approximate surface area is 183 Å². The van der Waals surface area contributed by atoms with E-state index in [-0.39, 0.29) is 23.5 Å². The molecule has 2 N–H and O–H groups in total. The van der Waals surface area contributed by atoms with Gasteiger partial charge in [-0.05, 0) is 56.0 Å². The highest BCUT2D eigenvalue weighted by Gasteiger charge is 2.27. The number of rotatable bonds is 8. The predicted molar refractivity (Wildman–Crippen MR) is 121 cm³/mol. The van der Waals surface area contributed by atoms with Crippen molar-refractivity contribution in [3.63, 3.8) is 0 Å². The average molecular weight is 444 g/mol. The van der Waals surface area contributed by atoms with Crippen molar-refractivity contribution in [3.8, 4) is 0 Å². The van der Waals surface area contributed by atoms with Crippen molar-refractivity contribution in [3.05, 3.63) is 65.7 Å². The Bertz CT molecular complexity index is 983. The number of hydrogen-bond acceptors (Lipinski definition) is 4. The summed E-state index contributed by atoms with van der Waals surface area (Å²) in [6.07, 6.45) is 2.07. The molecule has 0 unspecified atom stereocenters. The Morgan fingerprint density at radius 2 is 1.65 bits per heavy atom. The van der Waals surface area contributed by atoms with Crippen LogP contribution < -0.4 is 10.0 Å². The normalized spacial score (nSPS) is 14.8. The van der Waals surface area contributed by atoms with Gasteiger partial charge in [-0.1, -0.05) is 30.3 Å². The number of benzene rings is 2. The minimum absolute atomic E-state index is 0.0114. The quantitative estimate of drug-likeness (QED) is 0.656. The summed E-state index contributed by atoms with van der Waals surface area (Å²) in [6, 6.07) is 16.5. The number of likely N-dealkylation sites (tertiary alicyclic amines) is 1. The maximum Gasteiger partial charge on any atom is 0.253 e. The lowest BCUT2D eigenvalue weighted by molar-refractivity contribution is -0.126. The van der Waals surface area contributed by atoms with Gasteiger partial charge in [-0.25, -0.2) is 8.42 Å². The fourth-order valence-corrected chi connectivity index (χ4v) is 4.22. The summed E-state index contributed by atoms with van der Waals surface area (Å²) < 4.78 is 25.7. The number of anilines is 1. The summed E-state index contributed by atoms with van der Waals surface area (Å²) in [5, 5.41) is 3.01. The molecule has 0 atom stereocenters. The summed E-state index contributed by atoms with van der Waals surface area (Å²) in [6.45, 7) is 3.23. The van der Waals surface area contributed by atoms with Crippen molar-refractivity contribution in [2.24, 2.45) is 5.92 Å². The highest BCUT2D eigenvalue weighted by Crippen LogP contribution is 2.20. The first kappa shape index (κ1) is 22.8. The minimum atomic E-state index is -3.35. The molecule has 0 aliphatic carbocycles. The summed E-state index contributed by atoms with van der Waals surface area (Å²) in [7, 11) is -3.35. The molecule has 8 heteroatoms. The van der Waals surface area contributed by atoms with Gasteiger partial charge in [0.25, 0.3) is 5.91 Å². The molecule has 1 aliphatic rings. The molecule has 1 aliphatic heterocycles.